The second-order valence-electron chi connectivity index (χ2n) is 15.3. The fourth-order valence-corrected chi connectivity index (χ4v) is 8.91. The zero-order chi connectivity index (χ0) is 40.2. The number of aromatic nitrogens is 1. The van der Waals surface area contributed by atoms with E-state index in [-0.39, 0.29) is 63.6 Å². The minimum absolute atomic E-state index is 0.00316. The van der Waals surface area contributed by atoms with Gasteiger partial charge in [0.1, 0.15) is 17.4 Å². The lowest BCUT2D eigenvalue weighted by Gasteiger charge is -2.40. The number of hydrogen-bond acceptors (Lipinski definition) is 12. The molecule has 16 heteroatoms. The zero-order valence-corrected chi connectivity index (χ0v) is 32.5. The first kappa shape index (κ1) is 37.6. The van der Waals surface area contributed by atoms with E-state index in [1.807, 2.05) is 18.2 Å². The summed E-state index contributed by atoms with van der Waals surface area (Å²) in [5.41, 5.74) is 9.14. The van der Waals surface area contributed by atoms with E-state index in [1.54, 1.807) is 36.3 Å². The SMILES string of the molecule is COc1cc(N2CCC(CN3CCN(c4ccc(Oc5cc6oc7cccc(Cl)c7c(=O)c6nc5N)c(F)c4)CC3)CC2)cc2c1CN(C1CCC(=O)NC1=O)C2=O. The molecule has 4 aliphatic rings. The van der Waals surface area contributed by atoms with Crippen LogP contribution in [0.4, 0.5) is 21.6 Å². The third-order valence-corrected chi connectivity index (χ3v) is 12.1. The van der Waals surface area contributed by atoms with Gasteiger partial charge in [-0.15, -0.1) is 0 Å². The highest BCUT2D eigenvalue weighted by Gasteiger charge is 2.41. The number of carbonyl (C=O) groups is 3. The van der Waals surface area contributed by atoms with Crippen molar-refractivity contribution < 1.29 is 32.7 Å². The summed E-state index contributed by atoms with van der Waals surface area (Å²) in [6.07, 6.45) is 2.51. The topological polar surface area (TPSA) is 164 Å². The van der Waals surface area contributed by atoms with Gasteiger partial charge in [-0.3, -0.25) is 29.4 Å². The molecule has 5 aromatic rings. The summed E-state index contributed by atoms with van der Waals surface area (Å²) in [7, 11) is 1.59. The van der Waals surface area contributed by atoms with Gasteiger partial charge in [-0.1, -0.05) is 17.7 Å². The number of ether oxygens (including phenoxy) is 2. The number of carbonyl (C=O) groups excluding carboxylic acids is 3. The summed E-state index contributed by atoms with van der Waals surface area (Å²) in [5, 5.41) is 2.81. The summed E-state index contributed by atoms with van der Waals surface area (Å²) < 4.78 is 32.9. The van der Waals surface area contributed by atoms with Crippen molar-refractivity contribution in [3.05, 3.63) is 86.8 Å². The van der Waals surface area contributed by atoms with Crippen LogP contribution in [0.3, 0.4) is 0 Å². The smallest absolute Gasteiger partial charge is 0.255 e. The second kappa shape index (κ2) is 15.1. The Hall–Kier alpha value is -5.93. The molecule has 3 saturated heterocycles. The van der Waals surface area contributed by atoms with E-state index < -0.39 is 23.2 Å². The predicted octanol–water partition coefficient (Wildman–Crippen LogP) is 5.32. The molecular formula is C42H41ClFN7O7. The lowest BCUT2D eigenvalue weighted by molar-refractivity contribution is -0.136. The van der Waals surface area contributed by atoms with Gasteiger partial charge < -0.3 is 34.3 Å². The molecule has 4 aliphatic heterocycles. The highest BCUT2D eigenvalue weighted by atomic mass is 35.5. The molecule has 14 nitrogen and oxygen atoms in total. The summed E-state index contributed by atoms with van der Waals surface area (Å²) in [6.45, 7) is 6.10. The molecule has 9 rings (SSSR count). The average Bonchev–Trinajstić information content (AvgIpc) is 3.55. The van der Waals surface area contributed by atoms with Gasteiger partial charge in [-0.2, -0.15) is 0 Å². The Morgan fingerprint density at radius 2 is 1.67 bits per heavy atom. The molecule has 3 N–H and O–H groups in total. The number of imide groups is 1. The Morgan fingerprint density at radius 3 is 2.41 bits per heavy atom. The van der Waals surface area contributed by atoms with Crippen LogP contribution in [0.25, 0.3) is 22.1 Å². The van der Waals surface area contributed by atoms with Gasteiger partial charge in [0.2, 0.25) is 17.2 Å². The number of piperazine rings is 1. The van der Waals surface area contributed by atoms with Gasteiger partial charge in [-0.25, -0.2) is 9.37 Å². The maximum atomic E-state index is 15.5. The number of nitrogen functional groups attached to an aromatic ring is 1. The normalized spacial score (nSPS) is 19.3. The predicted molar refractivity (Wildman–Crippen MR) is 216 cm³/mol. The standard InChI is InChI=1S/C42H41ClFN7O7/c1-56-33-19-25(17-26-27(33)22-51(42(26)55)30-6-8-36(52)46-41(30)54)49-11-9-23(10-12-49)21-48-13-15-50(16-14-48)24-5-7-31(29(44)18-24)57-35-20-34-38(47-40(35)45)39(53)37-28(43)3-2-4-32(37)58-34/h2-5,7,17-20,23,30H,6,8-16,21-22H2,1H3,(H2,45,47)(H,46,52,54). The maximum absolute atomic E-state index is 15.5. The minimum Gasteiger partial charge on any atom is -0.496 e. The molecule has 3 aromatic carbocycles. The highest BCUT2D eigenvalue weighted by Crippen LogP contribution is 2.39. The van der Waals surface area contributed by atoms with Crippen molar-refractivity contribution in [2.24, 2.45) is 5.92 Å². The van der Waals surface area contributed by atoms with E-state index in [4.69, 9.17) is 31.2 Å². The molecule has 6 heterocycles. The van der Waals surface area contributed by atoms with Gasteiger partial charge >= 0.3 is 0 Å². The molecule has 3 amide bonds. The lowest BCUT2D eigenvalue weighted by atomic mass is 9.95. The number of hydrogen-bond donors (Lipinski definition) is 2. The van der Waals surface area contributed by atoms with Crippen LogP contribution in [0.5, 0.6) is 17.2 Å². The number of piperidine rings is 2. The molecule has 0 aliphatic carbocycles. The van der Waals surface area contributed by atoms with Crippen LogP contribution in [0.2, 0.25) is 5.02 Å². The van der Waals surface area contributed by atoms with Gasteiger partial charge in [0, 0.05) is 87.4 Å². The van der Waals surface area contributed by atoms with Crippen LogP contribution in [0.1, 0.15) is 41.6 Å². The van der Waals surface area contributed by atoms with E-state index in [0.29, 0.717) is 29.2 Å². The number of benzene rings is 3. The number of nitrogens with two attached hydrogens (primary N) is 1. The van der Waals surface area contributed by atoms with Crippen molar-refractivity contribution in [3.63, 3.8) is 0 Å². The first-order valence-corrected chi connectivity index (χ1v) is 19.8. The monoisotopic (exact) mass is 809 g/mol. The molecular weight excluding hydrogens is 769 g/mol. The summed E-state index contributed by atoms with van der Waals surface area (Å²) in [5.74, 6) is -0.445. The largest absolute Gasteiger partial charge is 0.496 e. The first-order chi connectivity index (χ1) is 28.0. The fraction of sp³-hybridized carbons (Fsp3) is 0.357. The second-order valence-corrected chi connectivity index (χ2v) is 15.7. The van der Waals surface area contributed by atoms with Crippen molar-refractivity contribution in [1.29, 1.82) is 0 Å². The highest BCUT2D eigenvalue weighted by molar-refractivity contribution is 6.35. The number of rotatable bonds is 8. The van der Waals surface area contributed by atoms with E-state index in [2.05, 4.69) is 25.0 Å². The number of nitrogens with zero attached hydrogens (tertiary/aromatic N) is 5. The quantitative estimate of drug-likeness (QED) is 0.154. The van der Waals surface area contributed by atoms with Crippen LogP contribution in [-0.2, 0) is 16.1 Å². The molecule has 1 unspecified atom stereocenters. The number of pyridine rings is 1. The van der Waals surface area contributed by atoms with Crippen molar-refractivity contribution in [2.45, 2.75) is 38.3 Å². The zero-order valence-electron chi connectivity index (χ0n) is 31.8. The van der Waals surface area contributed by atoms with Crippen molar-refractivity contribution >= 4 is 68.6 Å². The number of methoxy groups -OCH3 is 1. The first-order valence-electron chi connectivity index (χ1n) is 19.4. The van der Waals surface area contributed by atoms with E-state index in [9.17, 15) is 19.2 Å². The number of anilines is 3. The van der Waals surface area contributed by atoms with Crippen LogP contribution in [-0.4, -0.2) is 91.5 Å². The van der Waals surface area contributed by atoms with Crippen molar-refractivity contribution in [1.82, 2.24) is 20.1 Å². The number of halogens is 2. The molecule has 0 bridgehead atoms. The Morgan fingerprint density at radius 1 is 0.897 bits per heavy atom. The lowest BCUT2D eigenvalue weighted by Crippen LogP contribution is -2.52. The van der Waals surface area contributed by atoms with E-state index in [0.717, 1.165) is 75.6 Å². The molecule has 1 atom stereocenters. The van der Waals surface area contributed by atoms with Crippen LogP contribution >= 0.6 is 11.6 Å². The summed E-state index contributed by atoms with van der Waals surface area (Å²) >= 11 is 6.23. The third kappa shape index (κ3) is 6.91. The molecule has 0 radical (unpaired) electrons. The van der Waals surface area contributed by atoms with Crippen molar-refractivity contribution in [3.8, 4) is 17.2 Å². The number of fused-ring (bicyclic) bond motifs is 3. The fourth-order valence-electron chi connectivity index (χ4n) is 8.65. The number of nitrogens with one attached hydrogen (secondary N) is 1. The molecule has 0 saturated carbocycles. The Labute approximate surface area is 337 Å². The van der Waals surface area contributed by atoms with E-state index >= 15 is 4.39 Å². The average molecular weight is 810 g/mol. The molecule has 0 spiro atoms. The van der Waals surface area contributed by atoms with Gasteiger partial charge in [0.05, 0.1) is 29.6 Å². The van der Waals surface area contributed by atoms with Gasteiger partial charge in [0.25, 0.3) is 5.91 Å². The molecule has 58 heavy (non-hydrogen) atoms. The Kier molecular flexibility index (Phi) is 9.80. The maximum Gasteiger partial charge on any atom is 0.255 e. The van der Waals surface area contributed by atoms with Gasteiger partial charge in [0.15, 0.2) is 34.2 Å². The van der Waals surface area contributed by atoms with Crippen LogP contribution in [0, 0.1) is 11.7 Å². The summed E-state index contributed by atoms with van der Waals surface area (Å²) in [6, 6.07) is 14.4. The molecule has 300 valence electrons. The Bertz CT molecular complexity index is 2550. The Balaban J connectivity index is 0.788. The molecule has 3 fully saturated rings. The number of amides is 3. The van der Waals surface area contributed by atoms with E-state index in [1.165, 1.54) is 12.1 Å². The molecule has 2 aromatic heterocycles. The van der Waals surface area contributed by atoms with Crippen molar-refractivity contribution in [2.75, 3.05) is 68.5 Å². The third-order valence-electron chi connectivity index (χ3n) is 11.8. The van der Waals surface area contributed by atoms with Crippen LogP contribution in [0.15, 0.2) is 63.8 Å². The van der Waals surface area contributed by atoms with Gasteiger partial charge in [-0.05, 0) is 55.5 Å². The minimum atomic E-state index is -0.679. The van der Waals surface area contributed by atoms with Crippen LogP contribution < -0.4 is 35.8 Å². The summed E-state index contributed by atoms with van der Waals surface area (Å²) in [4.78, 5) is 63.5.